The van der Waals surface area contributed by atoms with Crippen molar-refractivity contribution in [2.45, 2.75) is 39.0 Å². The van der Waals surface area contributed by atoms with Crippen molar-refractivity contribution in [1.82, 2.24) is 25.1 Å². The Kier molecular flexibility index (Phi) is 8.91. The highest BCUT2D eigenvalue weighted by molar-refractivity contribution is 6.35. The molecule has 0 aliphatic carbocycles. The third-order valence-electron chi connectivity index (χ3n) is 9.74. The normalized spacial score (nSPS) is 18.9. The number of aromatic nitrogens is 2. The molecule has 3 N–H and O–H groups in total. The van der Waals surface area contributed by atoms with Gasteiger partial charge in [-0.05, 0) is 54.3 Å². The van der Waals surface area contributed by atoms with Crippen LogP contribution >= 0.6 is 11.6 Å². The molecule has 0 unspecified atom stereocenters. The summed E-state index contributed by atoms with van der Waals surface area (Å²) in [5.74, 6) is 0.605. The fourth-order valence-corrected chi connectivity index (χ4v) is 7.54. The van der Waals surface area contributed by atoms with E-state index in [9.17, 15) is 14.7 Å². The summed E-state index contributed by atoms with van der Waals surface area (Å²) in [4.78, 5) is 38.5. The Labute approximate surface area is 285 Å². The Morgan fingerprint density at radius 3 is 2.67 bits per heavy atom. The van der Waals surface area contributed by atoms with Gasteiger partial charge in [0, 0.05) is 92.4 Å². The lowest BCUT2D eigenvalue weighted by molar-refractivity contribution is -0.120. The summed E-state index contributed by atoms with van der Waals surface area (Å²) < 4.78 is 5.79. The summed E-state index contributed by atoms with van der Waals surface area (Å²) in [7, 11) is 1.67. The van der Waals surface area contributed by atoms with E-state index in [2.05, 4.69) is 36.5 Å². The van der Waals surface area contributed by atoms with Crippen LogP contribution in [0.1, 0.15) is 40.0 Å². The van der Waals surface area contributed by atoms with Crippen molar-refractivity contribution < 1.29 is 19.4 Å². The van der Waals surface area contributed by atoms with Gasteiger partial charge in [-0.15, -0.1) is 0 Å². The molecule has 3 aliphatic heterocycles. The summed E-state index contributed by atoms with van der Waals surface area (Å²) in [6.45, 7) is 7.43. The number of ether oxygens (including phenoxy) is 1. The molecule has 11 heteroatoms. The molecule has 10 nitrogen and oxygen atoms in total. The molecule has 4 aromatic rings. The lowest BCUT2D eigenvalue weighted by atomic mass is 9.79. The summed E-state index contributed by atoms with van der Waals surface area (Å²) in [6, 6.07) is 17.3. The molecule has 1 spiro atoms. The fraction of sp³-hybridized carbons (Fsp3) is 0.351. The summed E-state index contributed by atoms with van der Waals surface area (Å²) in [5, 5.41) is 16.3. The summed E-state index contributed by atoms with van der Waals surface area (Å²) in [5.41, 5.74) is 7.16. The predicted octanol–water partition coefficient (Wildman–Crippen LogP) is 4.92. The highest BCUT2D eigenvalue weighted by Crippen LogP contribution is 2.41. The number of nitrogens with zero attached hydrogens (tertiary/aromatic N) is 4. The monoisotopic (exact) mass is 666 g/mol. The van der Waals surface area contributed by atoms with Crippen LogP contribution in [0.15, 0.2) is 67.0 Å². The largest absolute Gasteiger partial charge is 0.496 e. The van der Waals surface area contributed by atoms with Gasteiger partial charge in [0.05, 0.1) is 23.9 Å². The van der Waals surface area contributed by atoms with Crippen LogP contribution in [-0.2, 0) is 17.9 Å². The Morgan fingerprint density at radius 2 is 1.96 bits per heavy atom. The number of benzene rings is 2. The highest BCUT2D eigenvalue weighted by Gasteiger charge is 2.47. The van der Waals surface area contributed by atoms with Gasteiger partial charge >= 0.3 is 0 Å². The maximum Gasteiger partial charge on any atom is 0.274 e. The molecule has 0 radical (unpaired) electrons. The lowest BCUT2D eigenvalue weighted by Gasteiger charge is -2.47. The molecular weight excluding hydrogens is 628 g/mol. The Bertz CT molecular complexity index is 1860. The molecule has 2 amide bonds. The number of β-amino-alcohol motifs (C(OH)–C–C–N with tert-alkyl or cyclic N) is 1. The number of aliphatic hydroxyl groups excluding tert-OH is 1. The van der Waals surface area contributed by atoms with Crippen LogP contribution in [0.25, 0.3) is 22.4 Å². The van der Waals surface area contributed by atoms with Crippen molar-refractivity contribution in [3.05, 3.63) is 94.4 Å². The standard InChI is InChI=1S/C37H39ClN6O4/c1-23-28(4-3-5-30(23)42-36(47)31-9-6-24(16-40-31)17-43-13-11-27(45)19-43)29-10-12-39-35(34(29)38)25-7-8-26(32(14-25)48-2)18-44-21-37(22-44)15-33(46)41-20-37/h3-10,12,14,16,27,45H,11,13,15,17-22H2,1-2H3,(H,41,46)(H,42,47)/t27-/m0/s1. The number of methoxy groups -OCH3 is 1. The molecule has 48 heavy (non-hydrogen) atoms. The van der Waals surface area contributed by atoms with E-state index in [1.54, 1.807) is 25.6 Å². The van der Waals surface area contributed by atoms with E-state index in [4.69, 9.17) is 16.3 Å². The van der Waals surface area contributed by atoms with Crippen molar-refractivity contribution in [1.29, 1.82) is 0 Å². The number of carbonyl (C=O) groups excluding carboxylic acids is 2. The van der Waals surface area contributed by atoms with E-state index in [0.717, 1.165) is 78.3 Å². The maximum absolute atomic E-state index is 13.2. The molecule has 1 atom stereocenters. The fourth-order valence-electron chi connectivity index (χ4n) is 7.22. The number of pyridine rings is 2. The molecular formula is C37H39ClN6O4. The topological polar surface area (TPSA) is 120 Å². The van der Waals surface area contributed by atoms with E-state index in [1.807, 2.05) is 49.4 Å². The van der Waals surface area contributed by atoms with Gasteiger partial charge in [0.25, 0.3) is 5.91 Å². The van der Waals surface area contributed by atoms with Gasteiger partial charge in [-0.1, -0.05) is 41.9 Å². The summed E-state index contributed by atoms with van der Waals surface area (Å²) in [6.07, 6.45) is 4.58. The smallest absolute Gasteiger partial charge is 0.274 e. The van der Waals surface area contributed by atoms with Crippen LogP contribution in [-0.4, -0.2) is 82.6 Å². The molecule has 3 aliphatic rings. The number of nitrogens with one attached hydrogen (secondary N) is 2. The molecule has 248 valence electrons. The first-order valence-corrected chi connectivity index (χ1v) is 16.7. The zero-order valence-corrected chi connectivity index (χ0v) is 27.9. The maximum atomic E-state index is 13.2. The third kappa shape index (κ3) is 6.53. The molecule has 5 heterocycles. The third-order valence-corrected chi connectivity index (χ3v) is 10.1. The van der Waals surface area contributed by atoms with E-state index in [0.29, 0.717) is 41.6 Å². The molecule has 3 saturated heterocycles. The van der Waals surface area contributed by atoms with Crippen LogP contribution < -0.4 is 15.4 Å². The molecule has 2 aromatic carbocycles. The minimum atomic E-state index is -0.297. The number of aliphatic hydroxyl groups is 1. The SMILES string of the molecule is COc1cc(-c2nccc(-c3cccc(NC(=O)c4ccc(CN5CC[C@H](O)C5)cn4)c3C)c2Cl)ccc1CN1CC2(CNC(=O)C2)C1. The van der Waals surface area contributed by atoms with E-state index >= 15 is 0 Å². The second-order valence-electron chi connectivity index (χ2n) is 13.3. The molecule has 0 bridgehead atoms. The Balaban J connectivity index is 1.06. The van der Waals surface area contributed by atoms with Gasteiger partial charge in [0.2, 0.25) is 5.91 Å². The molecule has 3 fully saturated rings. The molecule has 0 saturated carbocycles. The van der Waals surface area contributed by atoms with Crippen molar-refractivity contribution in [3.8, 4) is 28.1 Å². The second-order valence-corrected chi connectivity index (χ2v) is 13.7. The number of anilines is 1. The number of likely N-dealkylation sites (tertiary alicyclic amines) is 2. The first kappa shape index (κ1) is 32.2. The van der Waals surface area contributed by atoms with Crippen molar-refractivity contribution in [2.75, 3.05) is 45.2 Å². The predicted molar refractivity (Wildman–Crippen MR) is 185 cm³/mol. The van der Waals surface area contributed by atoms with E-state index < -0.39 is 0 Å². The minimum absolute atomic E-state index is 0.0718. The minimum Gasteiger partial charge on any atom is -0.496 e. The lowest BCUT2D eigenvalue weighted by Crippen LogP contribution is -2.56. The zero-order valence-electron chi connectivity index (χ0n) is 27.1. The first-order chi connectivity index (χ1) is 23.2. The van der Waals surface area contributed by atoms with Crippen molar-refractivity contribution in [2.24, 2.45) is 5.41 Å². The average molecular weight is 667 g/mol. The Morgan fingerprint density at radius 1 is 1.10 bits per heavy atom. The summed E-state index contributed by atoms with van der Waals surface area (Å²) >= 11 is 7.06. The van der Waals surface area contributed by atoms with Crippen LogP contribution in [0, 0.1) is 12.3 Å². The van der Waals surface area contributed by atoms with Crippen LogP contribution in [0.2, 0.25) is 5.02 Å². The number of hydrogen-bond donors (Lipinski definition) is 3. The average Bonchev–Trinajstić information content (AvgIpc) is 3.67. The number of carbonyl (C=O) groups is 2. The quantitative estimate of drug-likeness (QED) is 0.230. The van der Waals surface area contributed by atoms with Crippen molar-refractivity contribution in [3.63, 3.8) is 0 Å². The van der Waals surface area contributed by atoms with E-state index in [-0.39, 0.29) is 23.3 Å². The van der Waals surface area contributed by atoms with Crippen LogP contribution in [0.5, 0.6) is 5.75 Å². The number of rotatable bonds is 9. The molecule has 2 aromatic heterocycles. The van der Waals surface area contributed by atoms with Crippen LogP contribution in [0.3, 0.4) is 0 Å². The number of halogens is 1. The van der Waals surface area contributed by atoms with Gasteiger partial charge < -0.3 is 20.5 Å². The van der Waals surface area contributed by atoms with Crippen LogP contribution in [0.4, 0.5) is 5.69 Å². The van der Waals surface area contributed by atoms with Gasteiger partial charge in [-0.25, -0.2) is 0 Å². The van der Waals surface area contributed by atoms with E-state index in [1.165, 1.54) is 0 Å². The van der Waals surface area contributed by atoms with Gasteiger partial charge in [0.1, 0.15) is 11.4 Å². The van der Waals surface area contributed by atoms with Gasteiger partial charge in [0.15, 0.2) is 0 Å². The number of hydrogen-bond acceptors (Lipinski definition) is 8. The zero-order chi connectivity index (χ0) is 33.4. The number of amides is 2. The Hall–Kier alpha value is -4.35. The highest BCUT2D eigenvalue weighted by atomic mass is 35.5. The van der Waals surface area contributed by atoms with Crippen molar-refractivity contribution >= 4 is 29.1 Å². The first-order valence-electron chi connectivity index (χ1n) is 16.3. The van der Waals surface area contributed by atoms with Gasteiger partial charge in [-0.2, -0.15) is 0 Å². The molecule has 7 rings (SSSR count). The second kappa shape index (κ2) is 13.3. The van der Waals surface area contributed by atoms with Gasteiger partial charge in [-0.3, -0.25) is 29.4 Å².